The molecule has 1 N–H and O–H groups in total. The first-order chi connectivity index (χ1) is 10.0. The number of hydrogen-bond donors (Lipinski definition) is 1. The van der Waals surface area contributed by atoms with Gasteiger partial charge in [0.25, 0.3) is 0 Å². The summed E-state index contributed by atoms with van der Waals surface area (Å²) in [4.78, 5) is 12.1. The lowest BCUT2D eigenvalue weighted by Crippen LogP contribution is -2.02. The second-order valence-corrected chi connectivity index (χ2v) is 4.78. The zero-order valence-electron chi connectivity index (χ0n) is 11.9. The van der Waals surface area contributed by atoms with Crippen molar-refractivity contribution < 1.29 is 19.0 Å². The summed E-state index contributed by atoms with van der Waals surface area (Å²) >= 11 is 0. The molecule has 2 aromatic carbocycles. The van der Waals surface area contributed by atoms with Gasteiger partial charge in [0.2, 0.25) is 0 Å². The summed E-state index contributed by atoms with van der Waals surface area (Å²) in [6.45, 7) is 1.83. The lowest BCUT2D eigenvalue weighted by molar-refractivity contribution is 0.409. The van der Waals surface area contributed by atoms with Gasteiger partial charge in [0, 0.05) is 16.8 Å². The van der Waals surface area contributed by atoms with Gasteiger partial charge in [0.15, 0.2) is 0 Å². The SMILES string of the molecule is COc1cc(C)c2oc(=O)c3c(O)cc(OC)cc3c2c1. The Morgan fingerprint density at radius 2 is 1.62 bits per heavy atom. The molecule has 5 nitrogen and oxygen atoms in total. The Labute approximate surface area is 120 Å². The van der Waals surface area contributed by atoms with Crippen molar-refractivity contribution in [3.05, 3.63) is 40.2 Å². The number of fused-ring (bicyclic) bond motifs is 3. The minimum Gasteiger partial charge on any atom is -0.507 e. The third-order valence-electron chi connectivity index (χ3n) is 3.50. The van der Waals surface area contributed by atoms with Crippen molar-refractivity contribution >= 4 is 21.7 Å². The molecule has 21 heavy (non-hydrogen) atoms. The molecule has 0 spiro atoms. The van der Waals surface area contributed by atoms with Gasteiger partial charge >= 0.3 is 5.63 Å². The van der Waals surface area contributed by atoms with Gasteiger partial charge in [-0.25, -0.2) is 4.79 Å². The monoisotopic (exact) mass is 286 g/mol. The van der Waals surface area contributed by atoms with Crippen LogP contribution in [0.4, 0.5) is 0 Å². The third-order valence-corrected chi connectivity index (χ3v) is 3.50. The topological polar surface area (TPSA) is 68.9 Å². The Morgan fingerprint density at radius 1 is 1.00 bits per heavy atom. The fourth-order valence-electron chi connectivity index (χ4n) is 2.48. The number of benzene rings is 2. The molecule has 1 aromatic heterocycles. The van der Waals surface area contributed by atoms with Crippen molar-refractivity contribution in [1.82, 2.24) is 0 Å². The Kier molecular flexibility index (Phi) is 2.97. The number of methoxy groups -OCH3 is 2. The number of hydrogen-bond acceptors (Lipinski definition) is 5. The molecule has 0 radical (unpaired) electrons. The number of phenolic OH excluding ortho intramolecular Hbond substituents is 1. The van der Waals surface area contributed by atoms with Gasteiger partial charge in [-0.2, -0.15) is 0 Å². The van der Waals surface area contributed by atoms with Crippen molar-refractivity contribution in [2.75, 3.05) is 14.2 Å². The van der Waals surface area contributed by atoms with E-state index in [2.05, 4.69) is 0 Å². The molecule has 108 valence electrons. The summed E-state index contributed by atoms with van der Waals surface area (Å²) in [6.07, 6.45) is 0. The minimum atomic E-state index is -0.578. The van der Waals surface area contributed by atoms with Gasteiger partial charge in [0.1, 0.15) is 28.2 Å². The summed E-state index contributed by atoms with van der Waals surface area (Å²) in [6, 6.07) is 6.65. The molecule has 3 aromatic rings. The van der Waals surface area contributed by atoms with Crippen LogP contribution in [-0.4, -0.2) is 19.3 Å². The van der Waals surface area contributed by atoms with E-state index >= 15 is 0 Å². The lowest BCUT2D eigenvalue weighted by Gasteiger charge is -2.10. The highest BCUT2D eigenvalue weighted by molar-refractivity contribution is 6.08. The fourth-order valence-corrected chi connectivity index (χ4v) is 2.48. The van der Waals surface area contributed by atoms with Gasteiger partial charge < -0.3 is 19.0 Å². The van der Waals surface area contributed by atoms with E-state index < -0.39 is 5.63 Å². The average molecular weight is 286 g/mol. The number of rotatable bonds is 2. The van der Waals surface area contributed by atoms with Gasteiger partial charge in [-0.3, -0.25) is 0 Å². The quantitative estimate of drug-likeness (QED) is 0.579. The van der Waals surface area contributed by atoms with Crippen LogP contribution < -0.4 is 15.1 Å². The second-order valence-electron chi connectivity index (χ2n) is 4.78. The summed E-state index contributed by atoms with van der Waals surface area (Å²) in [5, 5.41) is 11.4. The number of aromatic hydroxyl groups is 1. The minimum absolute atomic E-state index is 0.135. The molecule has 3 rings (SSSR count). The van der Waals surface area contributed by atoms with Crippen molar-refractivity contribution in [1.29, 1.82) is 0 Å². The summed E-state index contributed by atoms with van der Waals surface area (Å²) in [5.74, 6) is 0.949. The van der Waals surface area contributed by atoms with Gasteiger partial charge in [-0.1, -0.05) is 0 Å². The maximum absolute atomic E-state index is 12.1. The van der Waals surface area contributed by atoms with Crippen LogP contribution in [0.25, 0.3) is 21.7 Å². The highest BCUT2D eigenvalue weighted by Crippen LogP contribution is 2.35. The highest BCUT2D eigenvalue weighted by Gasteiger charge is 2.15. The smallest absolute Gasteiger partial charge is 0.347 e. The third kappa shape index (κ3) is 1.98. The molecule has 0 saturated heterocycles. The summed E-state index contributed by atoms with van der Waals surface area (Å²) in [7, 11) is 3.07. The summed E-state index contributed by atoms with van der Waals surface area (Å²) < 4.78 is 15.8. The van der Waals surface area contributed by atoms with Crippen LogP contribution in [0.15, 0.2) is 33.5 Å². The van der Waals surface area contributed by atoms with Crippen LogP contribution >= 0.6 is 0 Å². The van der Waals surface area contributed by atoms with Crippen LogP contribution in [0.5, 0.6) is 17.2 Å². The Bertz CT molecular complexity index is 908. The van der Waals surface area contributed by atoms with Crippen LogP contribution in [0.3, 0.4) is 0 Å². The largest absolute Gasteiger partial charge is 0.507 e. The van der Waals surface area contributed by atoms with Crippen LogP contribution in [0.2, 0.25) is 0 Å². The fraction of sp³-hybridized carbons (Fsp3) is 0.188. The molecule has 0 fully saturated rings. The van der Waals surface area contributed by atoms with E-state index in [4.69, 9.17) is 13.9 Å². The van der Waals surface area contributed by atoms with Gasteiger partial charge in [0.05, 0.1) is 14.2 Å². The maximum Gasteiger partial charge on any atom is 0.347 e. The van der Waals surface area contributed by atoms with Gasteiger partial charge in [-0.15, -0.1) is 0 Å². The zero-order chi connectivity index (χ0) is 15.1. The zero-order valence-corrected chi connectivity index (χ0v) is 11.9. The van der Waals surface area contributed by atoms with E-state index in [-0.39, 0.29) is 11.1 Å². The van der Waals surface area contributed by atoms with E-state index in [9.17, 15) is 9.90 Å². The number of phenols is 1. The first-order valence-electron chi connectivity index (χ1n) is 6.37. The van der Waals surface area contributed by atoms with Crippen molar-refractivity contribution in [3.63, 3.8) is 0 Å². The van der Waals surface area contributed by atoms with Crippen LogP contribution in [0.1, 0.15) is 5.56 Å². The molecule has 5 heteroatoms. The standard InChI is InChI=1S/C16H14O5/c1-8-4-9(19-2)6-12-11-5-10(20-3)7-13(17)14(11)16(18)21-15(8)12/h4-7,17H,1-3H3. The van der Waals surface area contributed by atoms with Crippen LogP contribution in [0, 0.1) is 6.92 Å². The van der Waals surface area contributed by atoms with E-state index in [1.54, 1.807) is 25.3 Å². The molecule has 0 aliphatic carbocycles. The normalized spacial score (nSPS) is 11.0. The van der Waals surface area contributed by atoms with Crippen LogP contribution in [-0.2, 0) is 0 Å². The molecule has 0 unspecified atom stereocenters. The Hall–Kier alpha value is -2.69. The van der Waals surface area contributed by atoms with E-state index in [0.717, 1.165) is 5.56 Å². The van der Waals surface area contributed by atoms with Crippen molar-refractivity contribution in [2.24, 2.45) is 0 Å². The van der Waals surface area contributed by atoms with Gasteiger partial charge in [-0.05, 0) is 30.7 Å². The van der Waals surface area contributed by atoms with E-state index in [0.29, 0.717) is 27.9 Å². The van der Waals surface area contributed by atoms with Crippen molar-refractivity contribution in [3.8, 4) is 17.2 Å². The highest BCUT2D eigenvalue weighted by atomic mass is 16.5. The molecule has 1 heterocycles. The average Bonchev–Trinajstić information content (AvgIpc) is 2.47. The van der Waals surface area contributed by atoms with E-state index in [1.165, 1.54) is 13.2 Å². The molecule has 0 bridgehead atoms. The molecular weight excluding hydrogens is 272 g/mol. The number of ether oxygens (including phenoxy) is 2. The predicted octanol–water partition coefficient (Wildman–Crippen LogP) is 2.98. The summed E-state index contributed by atoms with van der Waals surface area (Å²) in [5.41, 5.74) is 0.678. The molecule has 0 amide bonds. The van der Waals surface area contributed by atoms with E-state index in [1.807, 2.05) is 6.92 Å². The first kappa shape index (κ1) is 13.3. The van der Waals surface area contributed by atoms with Crippen molar-refractivity contribution in [2.45, 2.75) is 6.92 Å². The molecule has 0 saturated carbocycles. The lowest BCUT2D eigenvalue weighted by atomic mass is 10.0. The molecule has 0 aliphatic heterocycles. The second kappa shape index (κ2) is 4.70. The predicted molar refractivity (Wildman–Crippen MR) is 79.5 cm³/mol. The molecule has 0 aliphatic rings. The first-order valence-corrected chi connectivity index (χ1v) is 6.37. The Morgan fingerprint density at radius 3 is 2.29 bits per heavy atom. The number of aryl methyl sites for hydroxylation is 1. The Balaban J connectivity index is 2.59. The molecular formula is C16H14O5. The molecule has 0 atom stereocenters. The maximum atomic E-state index is 12.1.